The van der Waals surface area contributed by atoms with Crippen LogP contribution in [0.25, 0.3) is 0 Å². The standard InChI is InChI=1S/C13H26N2O3/c1-11(16)10-14-6-5-7-15(9-8-14)12(17)18-13(2,3)4/h11,16H,5-10H2,1-4H3. The highest BCUT2D eigenvalue weighted by Crippen LogP contribution is 2.12. The molecule has 1 aliphatic heterocycles. The minimum atomic E-state index is -0.442. The van der Waals surface area contributed by atoms with E-state index in [2.05, 4.69) is 4.90 Å². The lowest BCUT2D eigenvalue weighted by molar-refractivity contribution is 0.0256. The number of ether oxygens (including phenoxy) is 1. The van der Waals surface area contributed by atoms with Crippen LogP contribution in [0.4, 0.5) is 4.79 Å². The molecule has 5 nitrogen and oxygen atoms in total. The van der Waals surface area contributed by atoms with Gasteiger partial charge in [-0.25, -0.2) is 4.79 Å². The second-order valence-electron chi connectivity index (χ2n) is 5.97. The molecule has 1 heterocycles. The maximum Gasteiger partial charge on any atom is 0.410 e. The Morgan fingerprint density at radius 3 is 2.50 bits per heavy atom. The third-order valence-corrected chi connectivity index (χ3v) is 2.76. The summed E-state index contributed by atoms with van der Waals surface area (Å²) in [6, 6.07) is 0. The fraction of sp³-hybridized carbons (Fsp3) is 0.923. The Bertz CT molecular complexity index is 274. The van der Waals surface area contributed by atoms with Crippen molar-refractivity contribution >= 4 is 6.09 Å². The summed E-state index contributed by atoms with van der Waals surface area (Å²) in [6.45, 7) is 11.2. The van der Waals surface area contributed by atoms with Gasteiger partial charge in [0.05, 0.1) is 6.10 Å². The van der Waals surface area contributed by atoms with Gasteiger partial charge in [0.2, 0.25) is 0 Å². The van der Waals surface area contributed by atoms with Crippen LogP contribution in [0.5, 0.6) is 0 Å². The maximum atomic E-state index is 11.9. The van der Waals surface area contributed by atoms with Crippen LogP contribution in [0.1, 0.15) is 34.1 Å². The Balaban J connectivity index is 2.44. The van der Waals surface area contributed by atoms with Crippen molar-refractivity contribution in [2.45, 2.75) is 45.8 Å². The molecule has 1 saturated heterocycles. The van der Waals surface area contributed by atoms with E-state index in [1.54, 1.807) is 11.8 Å². The quantitative estimate of drug-likeness (QED) is 0.811. The summed E-state index contributed by atoms with van der Waals surface area (Å²) < 4.78 is 5.37. The summed E-state index contributed by atoms with van der Waals surface area (Å²) in [5.74, 6) is 0. The number of carbonyl (C=O) groups excluding carboxylic acids is 1. The number of nitrogens with zero attached hydrogens (tertiary/aromatic N) is 2. The smallest absolute Gasteiger partial charge is 0.410 e. The summed E-state index contributed by atoms with van der Waals surface area (Å²) in [4.78, 5) is 15.9. The number of aliphatic hydroxyl groups excluding tert-OH is 1. The van der Waals surface area contributed by atoms with Gasteiger partial charge in [-0.3, -0.25) is 4.90 Å². The molecule has 0 aromatic rings. The number of rotatable bonds is 2. The van der Waals surface area contributed by atoms with Crippen LogP contribution in [-0.2, 0) is 4.74 Å². The number of hydrogen-bond acceptors (Lipinski definition) is 4. The second-order valence-corrected chi connectivity index (χ2v) is 5.97. The number of β-amino-alcohol motifs (C(OH)–C–C–N with tert-alkyl or cyclic N) is 1. The molecule has 0 aromatic heterocycles. The first-order valence-corrected chi connectivity index (χ1v) is 6.66. The molecule has 1 fully saturated rings. The lowest BCUT2D eigenvalue weighted by atomic mass is 10.2. The van der Waals surface area contributed by atoms with Crippen molar-refractivity contribution in [1.82, 2.24) is 9.80 Å². The van der Waals surface area contributed by atoms with Gasteiger partial charge < -0.3 is 14.7 Å². The zero-order chi connectivity index (χ0) is 13.8. The maximum absolute atomic E-state index is 11.9. The van der Waals surface area contributed by atoms with E-state index >= 15 is 0 Å². The van der Waals surface area contributed by atoms with Crippen LogP contribution in [-0.4, -0.2) is 65.4 Å². The van der Waals surface area contributed by atoms with E-state index in [0.717, 1.165) is 26.1 Å². The van der Waals surface area contributed by atoms with Crippen molar-refractivity contribution in [3.05, 3.63) is 0 Å². The molecule has 0 spiro atoms. The molecule has 106 valence electrons. The highest BCUT2D eigenvalue weighted by atomic mass is 16.6. The highest BCUT2D eigenvalue weighted by molar-refractivity contribution is 5.68. The van der Waals surface area contributed by atoms with E-state index in [-0.39, 0.29) is 12.2 Å². The van der Waals surface area contributed by atoms with Crippen molar-refractivity contribution in [1.29, 1.82) is 0 Å². The third kappa shape index (κ3) is 5.69. The SMILES string of the molecule is CC(O)CN1CCCN(C(=O)OC(C)(C)C)CC1. The molecule has 0 bridgehead atoms. The molecule has 1 N–H and O–H groups in total. The predicted octanol–water partition coefficient (Wildman–Crippen LogP) is 1.31. The Morgan fingerprint density at radius 2 is 1.94 bits per heavy atom. The van der Waals surface area contributed by atoms with E-state index in [9.17, 15) is 9.90 Å². The average molecular weight is 258 g/mol. The van der Waals surface area contributed by atoms with E-state index in [4.69, 9.17) is 4.74 Å². The van der Waals surface area contributed by atoms with Crippen molar-refractivity contribution in [2.75, 3.05) is 32.7 Å². The van der Waals surface area contributed by atoms with Gasteiger partial charge in [0.1, 0.15) is 5.60 Å². The summed E-state index contributed by atoms with van der Waals surface area (Å²) >= 11 is 0. The average Bonchev–Trinajstić information content (AvgIpc) is 2.39. The van der Waals surface area contributed by atoms with Crippen LogP contribution in [0, 0.1) is 0 Å². The van der Waals surface area contributed by atoms with Crippen LogP contribution < -0.4 is 0 Å². The minimum absolute atomic E-state index is 0.235. The van der Waals surface area contributed by atoms with Gasteiger partial charge in [0.15, 0.2) is 0 Å². The first-order valence-electron chi connectivity index (χ1n) is 6.66. The molecule has 1 amide bonds. The van der Waals surface area contributed by atoms with Crippen LogP contribution in [0.3, 0.4) is 0 Å². The van der Waals surface area contributed by atoms with Gasteiger partial charge >= 0.3 is 6.09 Å². The van der Waals surface area contributed by atoms with Gasteiger partial charge in [-0.15, -0.1) is 0 Å². The van der Waals surface area contributed by atoms with E-state index in [0.29, 0.717) is 13.1 Å². The molecule has 0 aromatic carbocycles. The molecule has 0 aliphatic carbocycles. The van der Waals surface area contributed by atoms with Crippen molar-refractivity contribution in [3.63, 3.8) is 0 Å². The fourth-order valence-electron chi connectivity index (χ4n) is 2.04. The van der Waals surface area contributed by atoms with E-state index in [1.807, 2.05) is 20.8 Å². The van der Waals surface area contributed by atoms with E-state index < -0.39 is 5.60 Å². The number of hydrogen-bond donors (Lipinski definition) is 1. The fourth-order valence-corrected chi connectivity index (χ4v) is 2.04. The Morgan fingerprint density at radius 1 is 1.28 bits per heavy atom. The Kier molecular flexibility index (Phi) is 5.41. The van der Waals surface area contributed by atoms with Gasteiger partial charge in [0.25, 0.3) is 0 Å². The molecule has 18 heavy (non-hydrogen) atoms. The molecule has 0 saturated carbocycles. The van der Waals surface area contributed by atoms with Crippen LogP contribution >= 0.6 is 0 Å². The molecule has 1 aliphatic rings. The topological polar surface area (TPSA) is 53.0 Å². The highest BCUT2D eigenvalue weighted by Gasteiger charge is 2.24. The summed E-state index contributed by atoms with van der Waals surface area (Å²) in [6.07, 6.45) is 0.367. The van der Waals surface area contributed by atoms with Crippen LogP contribution in [0.15, 0.2) is 0 Å². The van der Waals surface area contributed by atoms with Crippen molar-refractivity contribution < 1.29 is 14.6 Å². The summed E-state index contributed by atoms with van der Waals surface area (Å²) in [7, 11) is 0. The zero-order valence-electron chi connectivity index (χ0n) is 12.0. The monoisotopic (exact) mass is 258 g/mol. The zero-order valence-corrected chi connectivity index (χ0v) is 12.0. The molecule has 1 rings (SSSR count). The lowest BCUT2D eigenvalue weighted by Gasteiger charge is -2.26. The van der Waals surface area contributed by atoms with Crippen molar-refractivity contribution in [3.8, 4) is 0 Å². The van der Waals surface area contributed by atoms with Crippen LogP contribution in [0.2, 0.25) is 0 Å². The molecular weight excluding hydrogens is 232 g/mol. The van der Waals surface area contributed by atoms with Gasteiger partial charge in [0, 0.05) is 26.2 Å². The Labute approximate surface area is 110 Å². The number of carbonyl (C=O) groups is 1. The number of amides is 1. The molecule has 0 radical (unpaired) electrons. The minimum Gasteiger partial charge on any atom is -0.444 e. The molecule has 1 unspecified atom stereocenters. The summed E-state index contributed by atoms with van der Waals surface area (Å²) in [5, 5.41) is 9.38. The van der Waals surface area contributed by atoms with E-state index in [1.165, 1.54) is 0 Å². The molecule has 1 atom stereocenters. The second kappa shape index (κ2) is 6.38. The predicted molar refractivity (Wildman–Crippen MR) is 70.5 cm³/mol. The first-order chi connectivity index (χ1) is 8.28. The first kappa shape index (κ1) is 15.2. The molecule has 5 heteroatoms. The summed E-state index contributed by atoms with van der Waals surface area (Å²) in [5.41, 5.74) is -0.442. The normalized spacial score (nSPS) is 20.4. The largest absolute Gasteiger partial charge is 0.444 e. The lowest BCUT2D eigenvalue weighted by Crippen LogP contribution is -2.39. The van der Waals surface area contributed by atoms with Gasteiger partial charge in [-0.2, -0.15) is 0 Å². The number of aliphatic hydroxyl groups is 1. The Hall–Kier alpha value is -0.810. The van der Waals surface area contributed by atoms with Crippen molar-refractivity contribution in [2.24, 2.45) is 0 Å². The third-order valence-electron chi connectivity index (χ3n) is 2.76. The molecular formula is C13H26N2O3. The van der Waals surface area contributed by atoms with Gasteiger partial charge in [-0.05, 0) is 40.7 Å². The van der Waals surface area contributed by atoms with Gasteiger partial charge in [-0.1, -0.05) is 0 Å².